The first-order chi connectivity index (χ1) is 18.2. The van der Waals surface area contributed by atoms with Gasteiger partial charge in [-0.25, -0.2) is 4.57 Å². The van der Waals surface area contributed by atoms with E-state index < -0.39 is 0 Å². The Balaban J connectivity index is 1.33. The predicted octanol–water partition coefficient (Wildman–Crippen LogP) is 7.29. The second kappa shape index (κ2) is 8.46. The van der Waals surface area contributed by atoms with Crippen molar-refractivity contribution < 1.29 is 9.84 Å². The SMILES string of the molecule is Oc1nc2ccccc2n1-c1cc2ccccc2c(Oc2cccc(-c3cc4ccccc4cn3)c2)n1. The highest BCUT2D eigenvalue weighted by atomic mass is 16.5. The zero-order valence-corrected chi connectivity index (χ0v) is 19.6. The van der Waals surface area contributed by atoms with Crippen molar-refractivity contribution in [3.8, 4) is 34.7 Å². The lowest BCUT2D eigenvalue weighted by molar-refractivity contribution is 0.422. The number of benzene rings is 4. The van der Waals surface area contributed by atoms with Crippen LogP contribution in [-0.4, -0.2) is 24.6 Å². The van der Waals surface area contributed by atoms with Crippen LogP contribution in [0.4, 0.5) is 0 Å². The highest BCUT2D eigenvalue weighted by molar-refractivity contribution is 5.89. The van der Waals surface area contributed by atoms with Crippen molar-refractivity contribution in [2.24, 2.45) is 0 Å². The van der Waals surface area contributed by atoms with Gasteiger partial charge >= 0.3 is 6.01 Å². The molecule has 6 nitrogen and oxygen atoms in total. The number of nitrogens with zero attached hydrogens (tertiary/aromatic N) is 4. The normalized spacial score (nSPS) is 11.4. The van der Waals surface area contributed by atoms with Crippen molar-refractivity contribution in [3.05, 3.63) is 115 Å². The average molecular weight is 481 g/mol. The summed E-state index contributed by atoms with van der Waals surface area (Å²) >= 11 is 0. The first kappa shape index (κ1) is 21.1. The lowest BCUT2D eigenvalue weighted by Crippen LogP contribution is -2.00. The van der Waals surface area contributed by atoms with Gasteiger partial charge in [0, 0.05) is 22.5 Å². The Morgan fingerprint density at radius 3 is 2.38 bits per heavy atom. The van der Waals surface area contributed by atoms with E-state index in [4.69, 9.17) is 9.72 Å². The van der Waals surface area contributed by atoms with Gasteiger partial charge in [0.25, 0.3) is 0 Å². The molecule has 0 saturated heterocycles. The Morgan fingerprint density at radius 2 is 1.46 bits per heavy atom. The number of aromatic hydroxyl groups is 1. The third-order valence-corrected chi connectivity index (χ3v) is 6.44. The summed E-state index contributed by atoms with van der Waals surface area (Å²) in [7, 11) is 0. The molecule has 0 bridgehead atoms. The monoisotopic (exact) mass is 480 g/mol. The van der Waals surface area contributed by atoms with E-state index in [-0.39, 0.29) is 6.01 Å². The summed E-state index contributed by atoms with van der Waals surface area (Å²) in [6.45, 7) is 0. The lowest BCUT2D eigenvalue weighted by Gasteiger charge is -2.13. The molecule has 3 heterocycles. The highest BCUT2D eigenvalue weighted by Gasteiger charge is 2.16. The molecule has 0 aliphatic carbocycles. The maximum atomic E-state index is 10.6. The van der Waals surface area contributed by atoms with E-state index in [1.807, 2.05) is 97.2 Å². The van der Waals surface area contributed by atoms with Crippen LogP contribution in [-0.2, 0) is 0 Å². The molecule has 0 fully saturated rings. The minimum atomic E-state index is -0.126. The van der Waals surface area contributed by atoms with Crippen molar-refractivity contribution in [1.29, 1.82) is 0 Å². The van der Waals surface area contributed by atoms with Crippen molar-refractivity contribution in [3.63, 3.8) is 0 Å². The molecule has 37 heavy (non-hydrogen) atoms. The van der Waals surface area contributed by atoms with Crippen LogP contribution in [0.5, 0.6) is 17.6 Å². The molecule has 0 saturated carbocycles. The molecule has 0 aliphatic heterocycles. The quantitative estimate of drug-likeness (QED) is 0.286. The van der Waals surface area contributed by atoms with Crippen molar-refractivity contribution in [2.75, 3.05) is 0 Å². The first-order valence-electron chi connectivity index (χ1n) is 11.9. The van der Waals surface area contributed by atoms with E-state index in [9.17, 15) is 5.11 Å². The van der Waals surface area contributed by atoms with Gasteiger partial charge in [0.2, 0.25) is 5.88 Å². The van der Waals surface area contributed by atoms with Crippen LogP contribution in [0, 0.1) is 0 Å². The maximum absolute atomic E-state index is 10.6. The minimum absolute atomic E-state index is 0.126. The Morgan fingerprint density at radius 1 is 0.676 bits per heavy atom. The molecule has 6 heteroatoms. The van der Waals surface area contributed by atoms with E-state index in [0.29, 0.717) is 23.0 Å². The van der Waals surface area contributed by atoms with Crippen LogP contribution < -0.4 is 4.74 Å². The largest absolute Gasteiger partial charge is 0.480 e. The molecule has 0 aliphatic rings. The fraction of sp³-hybridized carbons (Fsp3) is 0. The van der Waals surface area contributed by atoms with Crippen LogP contribution in [0.2, 0.25) is 0 Å². The number of pyridine rings is 2. The molecule has 1 N–H and O–H groups in total. The lowest BCUT2D eigenvalue weighted by atomic mass is 10.1. The fourth-order valence-corrected chi connectivity index (χ4v) is 4.66. The van der Waals surface area contributed by atoms with Crippen LogP contribution in [0.15, 0.2) is 115 Å². The molecule has 176 valence electrons. The second-order valence-electron chi connectivity index (χ2n) is 8.79. The second-order valence-corrected chi connectivity index (χ2v) is 8.79. The summed E-state index contributed by atoms with van der Waals surface area (Å²) in [5.41, 5.74) is 3.26. The summed E-state index contributed by atoms with van der Waals surface area (Å²) in [4.78, 5) is 13.8. The fourth-order valence-electron chi connectivity index (χ4n) is 4.66. The predicted molar refractivity (Wildman–Crippen MR) is 145 cm³/mol. The van der Waals surface area contributed by atoms with Gasteiger partial charge in [-0.15, -0.1) is 0 Å². The molecule has 3 aromatic heterocycles. The summed E-state index contributed by atoms with van der Waals surface area (Å²) < 4.78 is 8.01. The number of ether oxygens (including phenoxy) is 1. The Kier molecular flexibility index (Phi) is 4.82. The third-order valence-electron chi connectivity index (χ3n) is 6.44. The zero-order chi connectivity index (χ0) is 24.8. The topological polar surface area (TPSA) is 73.1 Å². The van der Waals surface area contributed by atoms with Gasteiger partial charge in [0.1, 0.15) is 11.6 Å². The first-order valence-corrected chi connectivity index (χ1v) is 11.9. The van der Waals surface area contributed by atoms with Gasteiger partial charge < -0.3 is 9.84 Å². The molecular weight excluding hydrogens is 460 g/mol. The third kappa shape index (κ3) is 3.72. The summed E-state index contributed by atoms with van der Waals surface area (Å²) in [5, 5.41) is 14.7. The smallest absolute Gasteiger partial charge is 0.300 e. The van der Waals surface area contributed by atoms with E-state index in [1.165, 1.54) is 0 Å². The average Bonchev–Trinajstić information content (AvgIpc) is 3.28. The number of fused-ring (bicyclic) bond motifs is 3. The van der Waals surface area contributed by atoms with Gasteiger partial charge in [-0.05, 0) is 53.2 Å². The Labute approximate surface area is 212 Å². The number of hydrogen-bond acceptors (Lipinski definition) is 5. The molecule has 0 atom stereocenters. The number of aromatic nitrogens is 4. The van der Waals surface area contributed by atoms with Crippen molar-refractivity contribution >= 4 is 32.6 Å². The van der Waals surface area contributed by atoms with E-state index >= 15 is 0 Å². The van der Waals surface area contributed by atoms with Crippen LogP contribution in [0.25, 0.3) is 49.7 Å². The Bertz CT molecular complexity index is 1940. The molecule has 0 unspecified atom stereocenters. The Hall–Kier alpha value is -5.23. The molecule has 7 aromatic rings. The minimum Gasteiger partial charge on any atom is -0.480 e. The maximum Gasteiger partial charge on any atom is 0.300 e. The van der Waals surface area contributed by atoms with Crippen LogP contribution >= 0.6 is 0 Å². The summed E-state index contributed by atoms with van der Waals surface area (Å²) in [6, 6.07) is 35.3. The van der Waals surface area contributed by atoms with Crippen LogP contribution in [0.1, 0.15) is 0 Å². The molecule has 0 amide bonds. The van der Waals surface area contributed by atoms with Gasteiger partial charge in [-0.1, -0.05) is 66.7 Å². The molecular formula is C31H20N4O2. The number of rotatable bonds is 4. The van der Waals surface area contributed by atoms with E-state index in [1.54, 1.807) is 4.57 Å². The summed E-state index contributed by atoms with van der Waals surface area (Å²) in [6.07, 6.45) is 1.89. The van der Waals surface area contributed by atoms with Gasteiger partial charge in [0.05, 0.1) is 16.7 Å². The standard InChI is InChI=1S/C31H20N4O2/c36-31-33-26-14-5-6-15-28(26)35(31)29-18-21-9-3-4-13-25(21)30(34-29)37-24-12-7-11-22(16-24)27-17-20-8-1-2-10-23(20)19-32-27/h1-19H,(H,33,36). The molecule has 4 aromatic carbocycles. The van der Waals surface area contributed by atoms with E-state index in [0.717, 1.165) is 38.3 Å². The van der Waals surface area contributed by atoms with Crippen LogP contribution in [0.3, 0.4) is 0 Å². The molecule has 0 radical (unpaired) electrons. The zero-order valence-electron chi connectivity index (χ0n) is 19.6. The van der Waals surface area contributed by atoms with E-state index in [2.05, 4.69) is 28.2 Å². The summed E-state index contributed by atoms with van der Waals surface area (Å²) in [5.74, 6) is 1.60. The van der Waals surface area contributed by atoms with Gasteiger partial charge in [-0.3, -0.25) is 4.98 Å². The van der Waals surface area contributed by atoms with Gasteiger partial charge in [0.15, 0.2) is 0 Å². The number of hydrogen-bond donors (Lipinski definition) is 1. The van der Waals surface area contributed by atoms with Gasteiger partial charge in [-0.2, -0.15) is 9.97 Å². The molecule has 0 spiro atoms. The van der Waals surface area contributed by atoms with Crippen molar-refractivity contribution in [1.82, 2.24) is 19.5 Å². The number of imidazole rings is 1. The number of para-hydroxylation sites is 2. The van der Waals surface area contributed by atoms with Crippen molar-refractivity contribution in [2.45, 2.75) is 0 Å². The molecule has 7 rings (SSSR count). The highest BCUT2D eigenvalue weighted by Crippen LogP contribution is 2.34.